The lowest BCUT2D eigenvalue weighted by Gasteiger charge is -2.34. The van der Waals surface area contributed by atoms with Crippen LogP contribution in [0.4, 0.5) is 0 Å². The molecule has 3 rings (SSSR count). The van der Waals surface area contributed by atoms with Gasteiger partial charge in [-0.2, -0.15) is 0 Å². The van der Waals surface area contributed by atoms with Crippen LogP contribution in [0.25, 0.3) is 0 Å². The maximum absolute atomic E-state index is 5.45. The molecule has 1 aliphatic heterocycles. The second kappa shape index (κ2) is 7.42. The van der Waals surface area contributed by atoms with Crippen molar-refractivity contribution < 1.29 is 9.47 Å². The minimum Gasteiger partial charge on any atom is -0.493 e. The predicted octanol–water partition coefficient (Wildman–Crippen LogP) is 3.67. The van der Waals surface area contributed by atoms with Crippen LogP contribution in [0.3, 0.4) is 0 Å². The largest absolute Gasteiger partial charge is 0.493 e. The van der Waals surface area contributed by atoms with E-state index in [2.05, 4.69) is 35.8 Å². The third-order valence-corrected chi connectivity index (χ3v) is 4.60. The molecule has 2 aromatic carbocycles. The first-order valence-corrected chi connectivity index (χ1v) is 8.25. The lowest BCUT2D eigenvalue weighted by atomic mass is 9.93. The van der Waals surface area contributed by atoms with Crippen molar-refractivity contribution in [3.8, 4) is 23.3 Å². The summed E-state index contributed by atoms with van der Waals surface area (Å²) in [5, 5.41) is 0. The van der Waals surface area contributed by atoms with Crippen LogP contribution in [0.2, 0.25) is 0 Å². The fourth-order valence-electron chi connectivity index (χ4n) is 3.18. The summed E-state index contributed by atoms with van der Waals surface area (Å²) in [5.41, 5.74) is 3.71. The van der Waals surface area contributed by atoms with Gasteiger partial charge < -0.3 is 9.47 Å². The third-order valence-electron chi connectivity index (χ3n) is 4.60. The summed E-state index contributed by atoms with van der Waals surface area (Å²) in [6, 6.07) is 14.7. The molecule has 0 saturated heterocycles. The molecule has 124 valence electrons. The van der Waals surface area contributed by atoms with E-state index < -0.39 is 0 Å². The summed E-state index contributed by atoms with van der Waals surface area (Å²) in [4.78, 5) is 2.41. The molecule has 0 bridgehead atoms. The Balaban J connectivity index is 1.77. The maximum atomic E-state index is 5.45. The Labute approximate surface area is 144 Å². The number of rotatable bonds is 3. The third kappa shape index (κ3) is 3.39. The topological polar surface area (TPSA) is 21.7 Å². The zero-order valence-corrected chi connectivity index (χ0v) is 14.5. The molecule has 1 aliphatic rings. The molecule has 1 heterocycles. The van der Waals surface area contributed by atoms with E-state index in [0.29, 0.717) is 6.04 Å². The second-order valence-electron chi connectivity index (χ2n) is 5.97. The molecule has 2 aromatic rings. The summed E-state index contributed by atoms with van der Waals surface area (Å²) >= 11 is 0. The Morgan fingerprint density at radius 3 is 2.50 bits per heavy atom. The van der Waals surface area contributed by atoms with Gasteiger partial charge >= 0.3 is 0 Å². The van der Waals surface area contributed by atoms with Crippen LogP contribution in [0.1, 0.15) is 29.7 Å². The first-order valence-electron chi connectivity index (χ1n) is 8.25. The van der Waals surface area contributed by atoms with Crippen LogP contribution >= 0.6 is 0 Å². The molecule has 0 saturated carbocycles. The molecule has 0 N–H and O–H groups in total. The molecule has 0 unspecified atom stereocenters. The van der Waals surface area contributed by atoms with Gasteiger partial charge in [-0.15, -0.1) is 0 Å². The van der Waals surface area contributed by atoms with E-state index in [0.717, 1.165) is 36.6 Å². The number of fused-ring (bicyclic) bond motifs is 1. The van der Waals surface area contributed by atoms with Gasteiger partial charge in [-0.3, -0.25) is 4.90 Å². The van der Waals surface area contributed by atoms with Crippen molar-refractivity contribution in [2.75, 3.05) is 27.3 Å². The molecule has 0 aromatic heterocycles. The number of methoxy groups -OCH3 is 2. The van der Waals surface area contributed by atoms with Crippen molar-refractivity contribution in [2.45, 2.75) is 19.4 Å². The Morgan fingerprint density at radius 2 is 1.79 bits per heavy atom. The average Bonchev–Trinajstić information content (AvgIpc) is 2.63. The van der Waals surface area contributed by atoms with Crippen LogP contribution in [0.5, 0.6) is 11.5 Å². The van der Waals surface area contributed by atoms with E-state index in [1.807, 2.05) is 30.3 Å². The van der Waals surface area contributed by atoms with Crippen molar-refractivity contribution >= 4 is 0 Å². The molecule has 0 fully saturated rings. The van der Waals surface area contributed by atoms with Gasteiger partial charge in [0.05, 0.1) is 20.8 Å². The number of hydrogen-bond donors (Lipinski definition) is 0. The van der Waals surface area contributed by atoms with E-state index in [4.69, 9.17) is 9.47 Å². The van der Waals surface area contributed by atoms with Gasteiger partial charge in [-0.25, -0.2) is 0 Å². The number of hydrogen-bond acceptors (Lipinski definition) is 3. The molecule has 3 nitrogen and oxygen atoms in total. The molecule has 0 aliphatic carbocycles. The zero-order chi connectivity index (χ0) is 16.9. The molecule has 0 radical (unpaired) electrons. The van der Waals surface area contributed by atoms with Crippen LogP contribution in [-0.2, 0) is 6.42 Å². The van der Waals surface area contributed by atoms with Gasteiger partial charge in [-0.05, 0) is 48.7 Å². The van der Waals surface area contributed by atoms with Gasteiger partial charge in [0.2, 0.25) is 0 Å². The average molecular weight is 321 g/mol. The summed E-state index contributed by atoms with van der Waals surface area (Å²) in [7, 11) is 3.36. The summed E-state index contributed by atoms with van der Waals surface area (Å²) in [5.74, 6) is 8.14. The van der Waals surface area contributed by atoms with E-state index in [-0.39, 0.29) is 0 Å². The highest BCUT2D eigenvalue weighted by atomic mass is 16.5. The highest BCUT2D eigenvalue weighted by molar-refractivity contribution is 5.49. The predicted molar refractivity (Wildman–Crippen MR) is 96.6 cm³/mol. The fraction of sp³-hybridized carbons (Fsp3) is 0.333. The van der Waals surface area contributed by atoms with Gasteiger partial charge in [0, 0.05) is 18.2 Å². The summed E-state index contributed by atoms with van der Waals surface area (Å²) in [6.45, 7) is 4.01. The van der Waals surface area contributed by atoms with E-state index in [1.165, 1.54) is 11.1 Å². The lowest BCUT2D eigenvalue weighted by Crippen LogP contribution is -2.34. The van der Waals surface area contributed by atoms with Crippen LogP contribution < -0.4 is 9.47 Å². The normalized spacial score (nSPS) is 16.7. The fourth-order valence-corrected chi connectivity index (χ4v) is 3.18. The minimum atomic E-state index is 0.318. The molecule has 0 amide bonds. The van der Waals surface area contributed by atoms with Gasteiger partial charge in [-0.1, -0.05) is 30.0 Å². The number of nitrogens with zero attached hydrogens (tertiary/aromatic N) is 1. The zero-order valence-electron chi connectivity index (χ0n) is 14.5. The molecular weight excluding hydrogens is 298 g/mol. The second-order valence-corrected chi connectivity index (χ2v) is 5.97. The molecule has 3 heteroatoms. The molecular formula is C21H23NO2. The monoisotopic (exact) mass is 321 g/mol. The molecule has 0 spiro atoms. The van der Waals surface area contributed by atoms with E-state index in [1.54, 1.807) is 14.2 Å². The van der Waals surface area contributed by atoms with E-state index in [9.17, 15) is 0 Å². The minimum absolute atomic E-state index is 0.318. The highest BCUT2D eigenvalue weighted by Gasteiger charge is 2.25. The standard InChI is InChI=1S/C21H23NO2/c1-16-19-15-21(24-3)20(23-2)14-18(19)11-13-22(16)12-7-10-17-8-5-4-6-9-17/h4-6,8-9,14-16H,11-13H2,1-3H3/t16-/m0/s1. The maximum Gasteiger partial charge on any atom is 0.161 e. The lowest BCUT2D eigenvalue weighted by molar-refractivity contribution is 0.223. The molecule has 24 heavy (non-hydrogen) atoms. The van der Waals surface area contributed by atoms with Gasteiger partial charge in [0.15, 0.2) is 11.5 Å². The Kier molecular flexibility index (Phi) is 5.08. The van der Waals surface area contributed by atoms with Crippen LogP contribution in [0, 0.1) is 11.8 Å². The Bertz CT molecular complexity index is 759. The number of benzene rings is 2. The Hall–Kier alpha value is -2.44. The highest BCUT2D eigenvalue weighted by Crippen LogP contribution is 2.37. The number of ether oxygens (including phenoxy) is 2. The van der Waals surface area contributed by atoms with Gasteiger partial charge in [0.25, 0.3) is 0 Å². The quantitative estimate of drug-likeness (QED) is 0.805. The van der Waals surface area contributed by atoms with Crippen molar-refractivity contribution in [3.05, 3.63) is 59.2 Å². The van der Waals surface area contributed by atoms with Crippen molar-refractivity contribution in [2.24, 2.45) is 0 Å². The summed E-state index contributed by atoms with van der Waals surface area (Å²) in [6.07, 6.45) is 1.01. The van der Waals surface area contributed by atoms with Gasteiger partial charge in [0.1, 0.15) is 0 Å². The summed E-state index contributed by atoms with van der Waals surface area (Å²) < 4.78 is 10.9. The first-order chi connectivity index (χ1) is 11.7. The first kappa shape index (κ1) is 16.4. The Morgan fingerprint density at radius 1 is 1.08 bits per heavy atom. The van der Waals surface area contributed by atoms with Crippen LogP contribution in [0.15, 0.2) is 42.5 Å². The molecule has 1 atom stereocenters. The van der Waals surface area contributed by atoms with Crippen LogP contribution in [-0.4, -0.2) is 32.2 Å². The van der Waals surface area contributed by atoms with Crippen molar-refractivity contribution in [3.63, 3.8) is 0 Å². The SMILES string of the molecule is COc1cc2c(cc1OC)[C@H](C)N(CC#Cc1ccccc1)CC2. The van der Waals surface area contributed by atoms with Crippen molar-refractivity contribution in [1.29, 1.82) is 0 Å². The smallest absolute Gasteiger partial charge is 0.161 e. The van der Waals surface area contributed by atoms with Crippen molar-refractivity contribution in [1.82, 2.24) is 4.90 Å². The van der Waals surface area contributed by atoms with E-state index >= 15 is 0 Å².